The van der Waals surface area contributed by atoms with Gasteiger partial charge in [0.25, 0.3) is 0 Å². The van der Waals surface area contributed by atoms with Crippen molar-refractivity contribution < 1.29 is 19.4 Å². The minimum Gasteiger partial charge on any atom is -0.496 e. The number of aliphatic carboxylic acids is 1. The minimum absolute atomic E-state index is 0.0929. The lowest BCUT2D eigenvalue weighted by Gasteiger charge is -2.33. The van der Waals surface area contributed by atoms with Crippen LogP contribution in [0.15, 0.2) is 42.5 Å². The van der Waals surface area contributed by atoms with Crippen LogP contribution in [0, 0.1) is 6.92 Å². The van der Waals surface area contributed by atoms with Crippen molar-refractivity contribution in [1.29, 1.82) is 0 Å². The predicted molar refractivity (Wildman–Crippen MR) is 93.7 cm³/mol. The van der Waals surface area contributed by atoms with Crippen molar-refractivity contribution in [3.63, 3.8) is 0 Å². The van der Waals surface area contributed by atoms with Crippen molar-refractivity contribution in [2.75, 3.05) is 13.7 Å². The topological polar surface area (TPSA) is 66.8 Å². The third kappa shape index (κ3) is 3.50. The molecule has 1 heterocycles. The average molecular weight is 339 g/mol. The summed E-state index contributed by atoms with van der Waals surface area (Å²) in [7, 11) is 1.58. The monoisotopic (exact) mass is 339 g/mol. The molecular formula is C20H21NO4. The Kier molecular flexibility index (Phi) is 4.74. The number of carbonyl (C=O) groups is 2. The first-order valence-corrected chi connectivity index (χ1v) is 8.21. The average Bonchev–Trinajstić information content (AvgIpc) is 2.60. The molecule has 0 aromatic heterocycles. The molecule has 3 rings (SSSR count). The maximum atomic E-state index is 12.8. The molecule has 0 aliphatic carbocycles. The number of hydrogen-bond acceptors (Lipinski definition) is 3. The zero-order valence-corrected chi connectivity index (χ0v) is 14.4. The molecule has 1 atom stereocenters. The Hall–Kier alpha value is -2.82. The molecule has 1 aliphatic rings. The van der Waals surface area contributed by atoms with Crippen molar-refractivity contribution in [2.45, 2.75) is 25.8 Å². The first kappa shape index (κ1) is 17.0. The van der Waals surface area contributed by atoms with Crippen molar-refractivity contribution in [1.82, 2.24) is 4.90 Å². The van der Waals surface area contributed by atoms with Gasteiger partial charge in [-0.2, -0.15) is 0 Å². The van der Waals surface area contributed by atoms with Gasteiger partial charge in [-0.3, -0.25) is 9.59 Å². The van der Waals surface area contributed by atoms with E-state index in [2.05, 4.69) is 0 Å². The van der Waals surface area contributed by atoms with Gasteiger partial charge < -0.3 is 14.7 Å². The van der Waals surface area contributed by atoms with E-state index in [4.69, 9.17) is 4.74 Å². The number of carboxylic acid groups (broad SMARTS) is 1. The van der Waals surface area contributed by atoms with Crippen LogP contribution in [0.2, 0.25) is 0 Å². The molecule has 25 heavy (non-hydrogen) atoms. The number of nitrogens with zero attached hydrogens (tertiary/aromatic N) is 1. The zero-order valence-electron chi connectivity index (χ0n) is 14.4. The number of fused-ring (bicyclic) bond motifs is 1. The van der Waals surface area contributed by atoms with E-state index in [-0.39, 0.29) is 18.9 Å². The summed E-state index contributed by atoms with van der Waals surface area (Å²) in [5.74, 6) is -1.01. The predicted octanol–water partition coefficient (Wildman–Crippen LogP) is 2.76. The highest BCUT2D eigenvalue weighted by Gasteiger charge is 2.32. The molecule has 0 saturated heterocycles. The number of benzene rings is 2. The lowest BCUT2D eigenvalue weighted by Crippen LogP contribution is -2.41. The van der Waals surface area contributed by atoms with Gasteiger partial charge in [0.1, 0.15) is 5.75 Å². The van der Waals surface area contributed by atoms with E-state index in [1.54, 1.807) is 12.0 Å². The molecule has 1 N–H and O–H groups in total. The normalized spacial score (nSPS) is 16.2. The highest BCUT2D eigenvalue weighted by Crippen LogP contribution is 2.29. The highest BCUT2D eigenvalue weighted by atomic mass is 16.5. The van der Waals surface area contributed by atoms with Gasteiger partial charge in [0.2, 0.25) is 5.91 Å². The van der Waals surface area contributed by atoms with E-state index in [1.807, 2.05) is 49.4 Å². The van der Waals surface area contributed by atoms with Crippen LogP contribution in [0.25, 0.3) is 0 Å². The first-order valence-electron chi connectivity index (χ1n) is 8.21. The summed E-state index contributed by atoms with van der Waals surface area (Å²) in [4.78, 5) is 26.1. The fourth-order valence-corrected chi connectivity index (χ4v) is 3.33. The molecular weight excluding hydrogens is 318 g/mol. The summed E-state index contributed by atoms with van der Waals surface area (Å²) >= 11 is 0. The quantitative estimate of drug-likeness (QED) is 0.930. The smallest absolute Gasteiger partial charge is 0.312 e. The fraction of sp³-hybridized carbons (Fsp3) is 0.300. The molecule has 130 valence electrons. The highest BCUT2D eigenvalue weighted by molar-refractivity contribution is 5.83. The Bertz CT molecular complexity index is 815. The Morgan fingerprint density at radius 2 is 2.00 bits per heavy atom. The summed E-state index contributed by atoms with van der Waals surface area (Å²) in [6, 6.07) is 13.1. The third-order valence-corrected chi connectivity index (χ3v) is 4.62. The number of amides is 1. The lowest BCUT2D eigenvalue weighted by molar-refractivity contribution is -0.141. The molecule has 5 nitrogen and oxygen atoms in total. The van der Waals surface area contributed by atoms with Gasteiger partial charge in [0.15, 0.2) is 0 Å². The molecule has 0 bridgehead atoms. The molecule has 1 amide bonds. The van der Waals surface area contributed by atoms with Crippen molar-refractivity contribution >= 4 is 11.9 Å². The Balaban J connectivity index is 1.84. The van der Waals surface area contributed by atoms with Crippen molar-refractivity contribution in [2.24, 2.45) is 0 Å². The standard InChI is InChI=1S/C20H21NO4/c1-13-7-8-18(25-2)15(9-13)10-19(22)21-11-14-5-3-4-6-16(14)17(12-21)20(23)24/h3-9,17H,10-12H2,1-2H3,(H,23,24). The molecule has 2 aromatic rings. The number of aryl methyl sites for hydroxylation is 1. The number of rotatable bonds is 4. The molecule has 1 unspecified atom stereocenters. The van der Waals surface area contributed by atoms with Crippen LogP contribution >= 0.6 is 0 Å². The molecule has 1 aliphatic heterocycles. The second kappa shape index (κ2) is 6.97. The van der Waals surface area contributed by atoms with Crippen LogP contribution in [-0.4, -0.2) is 35.5 Å². The van der Waals surface area contributed by atoms with Gasteiger partial charge in [-0.15, -0.1) is 0 Å². The zero-order chi connectivity index (χ0) is 18.0. The van der Waals surface area contributed by atoms with Gasteiger partial charge in [0.05, 0.1) is 19.4 Å². The summed E-state index contributed by atoms with van der Waals surface area (Å²) in [6.07, 6.45) is 0.194. The first-order chi connectivity index (χ1) is 12.0. The molecule has 0 spiro atoms. The Morgan fingerprint density at radius 1 is 1.24 bits per heavy atom. The largest absolute Gasteiger partial charge is 0.496 e. The van der Waals surface area contributed by atoms with E-state index < -0.39 is 11.9 Å². The fourth-order valence-electron chi connectivity index (χ4n) is 3.33. The van der Waals surface area contributed by atoms with Gasteiger partial charge in [-0.25, -0.2) is 0 Å². The molecule has 0 fully saturated rings. The van der Waals surface area contributed by atoms with E-state index >= 15 is 0 Å². The molecule has 0 saturated carbocycles. The second-order valence-corrected chi connectivity index (χ2v) is 6.36. The maximum Gasteiger partial charge on any atom is 0.312 e. The molecule has 5 heteroatoms. The van der Waals surface area contributed by atoms with Crippen LogP contribution in [-0.2, 0) is 22.6 Å². The van der Waals surface area contributed by atoms with Crippen LogP contribution in [0.1, 0.15) is 28.2 Å². The summed E-state index contributed by atoms with van der Waals surface area (Å²) < 4.78 is 5.34. The maximum absolute atomic E-state index is 12.8. The van der Waals surface area contributed by atoms with Gasteiger partial charge >= 0.3 is 5.97 Å². The lowest BCUT2D eigenvalue weighted by atomic mass is 9.89. The summed E-state index contributed by atoms with van der Waals surface area (Å²) in [5.41, 5.74) is 3.56. The number of ether oxygens (including phenoxy) is 1. The molecule has 0 radical (unpaired) electrons. The Morgan fingerprint density at radius 3 is 2.72 bits per heavy atom. The number of carboxylic acids is 1. The number of methoxy groups -OCH3 is 1. The second-order valence-electron chi connectivity index (χ2n) is 6.36. The van der Waals surface area contributed by atoms with Gasteiger partial charge in [-0.05, 0) is 24.1 Å². The van der Waals surface area contributed by atoms with Crippen LogP contribution in [0.4, 0.5) is 0 Å². The van der Waals surface area contributed by atoms with E-state index in [9.17, 15) is 14.7 Å². The van der Waals surface area contributed by atoms with Crippen molar-refractivity contribution in [3.8, 4) is 5.75 Å². The van der Waals surface area contributed by atoms with E-state index in [1.165, 1.54) is 0 Å². The molecule has 2 aromatic carbocycles. The van der Waals surface area contributed by atoms with Crippen LogP contribution < -0.4 is 4.74 Å². The SMILES string of the molecule is COc1ccc(C)cc1CC(=O)N1Cc2ccccc2C(C(=O)O)C1. The number of carbonyl (C=O) groups excluding carboxylic acids is 1. The number of hydrogen-bond donors (Lipinski definition) is 1. The third-order valence-electron chi connectivity index (χ3n) is 4.62. The van der Waals surface area contributed by atoms with E-state index in [0.717, 1.165) is 22.3 Å². The van der Waals surface area contributed by atoms with Gasteiger partial charge in [-0.1, -0.05) is 42.0 Å². The van der Waals surface area contributed by atoms with Crippen LogP contribution in [0.3, 0.4) is 0 Å². The minimum atomic E-state index is -0.905. The summed E-state index contributed by atoms with van der Waals surface area (Å²) in [5, 5.41) is 9.53. The van der Waals surface area contributed by atoms with Gasteiger partial charge in [0, 0.05) is 18.7 Å². The van der Waals surface area contributed by atoms with E-state index in [0.29, 0.717) is 12.3 Å². The van der Waals surface area contributed by atoms with Crippen molar-refractivity contribution in [3.05, 3.63) is 64.7 Å². The Labute approximate surface area is 146 Å². The van der Waals surface area contributed by atoms with Crippen LogP contribution in [0.5, 0.6) is 5.75 Å². The summed E-state index contributed by atoms with van der Waals surface area (Å²) in [6.45, 7) is 2.59.